The molecule has 2 saturated carbocycles. The van der Waals surface area contributed by atoms with E-state index < -0.39 is 5.41 Å². The van der Waals surface area contributed by atoms with Gasteiger partial charge in [0.2, 0.25) is 5.91 Å². The fourth-order valence-electron chi connectivity index (χ4n) is 1.73. The Morgan fingerprint density at radius 3 is 2.73 bits per heavy atom. The Labute approximate surface area is 90.2 Å². The fourth-order valence-corrected chi connectivity index (χ4v) is 1.73. The number of carbonyl (C=O) groups is 1. The molecule has 0 unspecified atom stereocenters. The first-order valence-electron chi connectivity index (χ1n) is 5.58. The Balaban J connectivity index is 1.65. The van der Waals surface area contributed by atoms with Crippen molar-refractivity contribution < 1.29 is 4.79 Å². The molecule has 0 radical (unpaired) electrons. The van der Waals surface area contributed by atoms with Crippen LogP contribution in [0.1, 0.15) is 25.7 Å². The summed E-state index contributed by atoms with van der Waals surface area (Å²) in [6.45, 7) is 1.55. The molecule has 0 aromatic rings. The van der Waals surface area contributed by atoms with Crippen molar-refractivity contribution in [2.75, 3.05) is 20.1 Å². The molecule has 0 spiro atoms. The van der Waals surface area contributed by atoms with Crippen molar-refractivity contribution in [1.29, 1.82) is 5.26 Å². The second-order valence-electron chi connectivity index (χ2n) is 4.66. The minimum atomic E-state index is -0.668. The summed E-state index contributed by atoms with van der Waals surface area (Å²) in [6.07, 6.45) is 4.03. The van der Waals surface area contributed by atoms with Crippen molar-refractivity contribution >= 4 is 5.91 Å². The number of rotatable bonds is 5. The maximum Gasteiger partial charge on any atom is 0.240 e. The molecule has 2 rings (SSSR count). The van der Waals surface area contributed by atoms with Crippen molar-refractivity contribution in [3.05, 3.63) is 0 Å². The van der Waals surface area contributed by atoms with E-state index in [-0.39, 0.29) is 5.91 Å². The number of carbonyl (C=O) groups excluding carboxylic acids is 1. The first kappa shape index (κ1) is 10.4. The second kappa shape index (κ2) is 3.82. The number of nitriles is 1. The highest BCUT2D eigenvalue weighted by atomic mass is 16.2. The molecular formula is C11H17N3O. The monoisotopic (exact) mass is 207 g/mol. The van der Waals surface area contributed by atoms with Crippen molar-refractivity contribution in [3.8, 4) is 6.07 Å². The van der Waals surface area contributed by atoms with Gasteiger partial charge >= 0.3 is 0 Å². The third kappa shape index (κ3) is 2.29. The molecule has 0 aromatic heterocycles. The van der Waals surface area contributed by atoms with Crippen molar-refractivity contribution in [2.24, 2.45) is 5.41 Å². The Hall–Kier alpha value is -1.08. The molecule has 15 heavy (non-hydrogen) atoms. The zero-order chi connectivity index (χ0) is 10.9. The lowest BCUT2D eigenvalue weighted by molar-refractivity contribution is -0.124. The average molecular weight is 207 g/mol. The van der Waals surface area contributed by atoms with E-state index in [4.69, 9.17) is 5.26 Å². The van der Waals surface area contributed by atoms with Crippen LogP contribution in [0.25, 0.3) is 0 Å². The molecule has 0 bridgehead atoms. The maximum atomic E-state index is 11.6. The van der Waals surface area contributed by atoms with Gasteiger partial charge in [-0.1, -0.05) is 0 Å². The SMILES string of the molecule is CN(CCNC(=O)C1(C#N)CC1)C1CC1. The molecular weight excluding hydrogens is 190 g/mol. The van der Waals surface area contributed by atoms with E-state index in [0.717, 1.165) is 25.4 Å². The third-order valence-corrected chi connectivity index (χ3v) is 3.32. The van der Waals surface area contributed by atoms with E-state index in [2.05, 4.69) is 23.3 Å². The number of likely N-dealkylation sites (N-methyl/N-ethyl adjacent to an activating group) is 1. The Morgan fingerprint density at radius 1 is 1.60 bits per heavy atom. The molecule has 0 aromatic carbocycles. The first-order chi connectivity index (χ1) is 7.18. The summed E-state index contributed by atoms with van der Waals surface area (Å²) >= 11 is 0. The maximum absolute atomic E-state index is 11.6. The lowest BCUT2D eigenvalue weighted by atomic mass is 10.1. The molecule has 0 atom stereocenters. The molecule has 1 N–H and O–H groups in total. The molecule has 4 heteroatoms. The largest absolute Gasteiger partial charge is 0.353 e. The van der Waals surface area contributed by atoms with Crippen LogP contribution >= 0.6 is 0 Å². The van der Waals surface area contributed by atoms with Crippen LogP contribution in [0.15, 0.2) is 0 Å². The highest BCUT2D eigenvalue weighted by Gasteiger charge is 2.50. The van der Waals surface area contributed by atoms with E-state index >= 15 is 0 Å². The van der Waals surface area contributed by atoms with Crippen molar-refractivity contribution in [1.82, 2.24) is 10.2 Å². The zero-order valence-electron chi connectivity index (χ0n) is 9.12. The lowest BCUT2D eigenvalue weighted by Crippen LogP contribution is -2.37. The summed E-state index contributed by atoms with van der Waals surface area (Å²) < 4.78 is 0. The number of hydrogen-bond donors (Lipinski definition) is 1. The van der Waals surface area contributed by atoms with Crippen LogP contribution in [0, 0.1) is 16.7 Å². The highest BCUT2D eigenvalue weighted by molar-refractivity contribution is 5.88. The van der Waals surface area contributed by atoms with Crippen LogP contribution in [0.2, 0.25) is 0 Å². The lowest BCUT2D eigenvalue weighted by Gasteiger charge is -2.16. The third-order valence-electron chi connectivity index (χ3n) is 3.32. The molecule has 2 aliphatic carbocycles. The molecule has 0 saturated heterocycles. The van der Waals surface area contributed by atoms with Gasteiger partial charge in [0, 0.05) is 19.1 Å². The number of hydrogen-bond acceptors (Lipinski definition) is 3. The molecule has 82 valence electrons. The van der Waals surface area contributed by atoms with E-state index in [1.165, 1.54) is 12.8 Å². The zero-order valence-corrected chi connectivity index (χ0v) is 9.12. The van der Waals surface area contributed by atoms with E-state index in [9.17, 15) is 4.79 Å². The van der Waals surface area contributed by atoms with Crippen molar-refractivity contribution in [3.63, 3.8) is 0 Å². The standard InChI is InChI=1S/C11H17N3O/c1-14(9-2-3-9)7-6-13-10(15)11(8-12)4-5-11/h9H,2-7H2,1H3,(H,13,15). The summed E-state index contributed by atoms with van der Waals surface area (Å²) in [5.41, 5.74) is -0.668. The van der Waals surface area contributed by atoms with Crippen LogP contribution in [0.5, 0.6) is 0 Å². The average Bonchev–Trinajstić information content (AvgIpc) is 3.09. The molecule has 2 aliphatic rings. The van der Waals surface area contributed by atoms with Crippen LogP contribution in [-0.4, -0.2) is 37.0 Å². The normalized spacial score (nSPS) is 22.2. The molecule has 4 nitrogen and oxygen atoms in total. The summed E-state index contributed by atoms with van der Waals surface area (Å²) in [6, 6.07) is 2.83. The Morgan fingerprint density at radius 2 is 2.27 bits per heavy atom. The van der Waals surface area contributed by atoms with Gasteiger partial charge in [0.25, 0.3) is 0 Å². The van der Waals surface area contributed by atoms with Gasteiger partial charge < -0.3 is 10.2 Å². The van der Waals surface area contributed by atoms with Crippen LogP contribution in [0.3, 0.4) is 0 Å². The van der Waals surface area contributed by atoms with E-state index in [0.29, 0.717) is 6.54 Å². The van der Waals surface area contributed by atoms with Gasteiger partial charge in [-0.25, -0.2) is 0 Å². The van der Waals surface area contributed by atoms with Gasteiger partial charge in [-0.05, 0) is 32.7 Å². The van der Waals surface area contributed by atoms with Gasteiger partial charge in [-0.2, -0.15) is 5.26 Å². The van der Waals surface area contributed by atoms with Gasteiger partial charge in [0.15, 0.2) is 0 Å². The Kier molecular flexibility index (Phi) is 2.66. The molecule has 0 heterocycles. The number of nitrogens with one attached hydrogen (secondary N) is 1. The minimum Gasteiger partial charge on any atom is -0.353 e. The number of amides is 1. The van der Waals surface area contributed by atoms with Crippen LogP contribution < -0.4 is 5.32 Å². The summed E-state index contributed by atoms with van der Waals surface area (Å²) in [7, 11) is 2.08. The molecule has 0 aliphatic heterocycles. The molecule has 2 fully saturated rings. The molecule has 1 amide bonds. The van der Waals surface area contributed by atoms with Gasteiger partial charge in [0.05, 0.1) is 6.07 Å². The predicted molar refractivity (Wildman–Crippen MR) is 55.9 cm³/mol. The second-order valence-corrected chi connectivity index (χ2v) is 4.66. The Bertz CT molecular complexity index is 299. The predicted octanol–water partition coefficient (Wildman–Crippen LogP) is 0.501. The van der Waals surface area contributed by atoms with Crippen molar-refractivity contribution in [2.45, 2.75) is 31.7 Å². The smallest absolute Gasteiger partial charge is 0.240 e. The van der Waals surface area contributed by atoms with Gasteiger partial charge in [-0.3, -0.25) is 4.79 Å². The highest BCUT2D eigenvalue weighted by Crippen LogP contribution is 2.44. The van der Waals surface area contributed by atoms with Gasteiger partial charge in [-0.15, -0.1) is 0 Å². The fraction of sp³-hybridized carbons (Fsp3) is 0.818. The van der Waals surface area contributed by atoms with E-state index in [1.54, 1.807) is 0 Å². The minimum absolute atomic E-state index is 0.0748. The van der Waals surface area contributed by atoms with Gasteiger partial charge in [0.1, 0.15) is 5.41 Å². The first-order valence-corrected chi connectivity index (χ1v) is 5.58. The summed E-state index contributed by atoms with van der Waals surface area (Å²) in [4.78, 5) is 13.8. The van der Waals surface area contributed by atoms with Crippen LogP contribution in [-0.2, 0) is 4.79 Å². The number of nitrogens with zero attached hydrogens (tertiary/aromatic N) is 2. The quantitative estimate of drug-likeness (QED) is 0.714. The van der Waals surface area contributed by atoms with Crippen LogP contribution in [0.4, 0.5) is 0 Å². The summed E-state index contributed by atoms with van der Waals surface area (Å²) in [5.74, 6) is -0.0748. The van der Waals surface area contributed by atoms with E-state index in [1.807, 2.05) is 0 Å². The topological polar surface area (TPSA) is 56.1 Å². The summed E-state index contributed by atoms with van der Waals surface area (Å²) in [5, 5.41) is 11.7.